The molecule has 2 heterocycles. The van der Waals surface area contributed by atoms with E-state index in [0.717, 1.165) is 6.07 Å². The van der Waals surface area contributed by atoms with E-state index in [-0.39, 0.29) is 45.4 Å². The van der Waals surface area contributed by atoms with E-state index in [1.54, 1.807) is 30.3 Å². The van der Waals surface area contributed by atoms with Crippen LogP contribution in [0.1, 0.15) is 44.6 Å². The van der Waals surface area contributed by atoms with Gasteiger partial charge in [-0.25, -0.2) is 0 Å². The van der Waals surface area contributed by atoms with Crippen molar-refractivity contribution in [2.24, 2.45) is 0 Å². The van der Waals surface area contributed by atoms with Gasteiger partial charge in [0, 0.05) is 51.4 Å². The Morgan fingerprint density at radius 2 is 1.23 bits per heavy atom. The second-order valence-electron chi connectivity index (χ2n) is 11.0. The number of aromatic hydroxyl groups is 6. The quantitative estimate of drug-likeness (QED) is 0.131. The van der Waals surface area contributed by atoms with E-state index in [1.807, 2.05) is 0 Å². The monoisotopic (exact) mass is 586 g/mol. The summed E-state index contributed by atoms with van der Waals surface area (Å²) in [6, 6.07) is 21.1. The summed E-state index contributed by atoms with van der Waals surface area (Å²) in [6.07, 6.45) is -0.739. The topological polar surface area (TPSA) is 161 Å². The van der Waals surface area contributed by atoms with Gasteiger partial charge in [0.25, 0.3) is 0 Å². The second-order valence-corrected chi connectivity index (χ2v) is 11.0. The predicted octanol–water partition coefficient (Wildman–Crippen LogP) is 6.81. The number of hydrogen-bond donors (Lipinski definition) is 6. The lowest BCUT2D eigenvalue weighted by molar-refractivity contribution is 0.103. The Labute approximate surface area is 248 Å². The highest BCUT2D eigenvalue weighted by molar-refractivity contribution is 6.29. The lowest BCUT2D eigenvalue weighted by Gasteiger charge is -2.24. The van der Waals surface area contributed by atoms with Crippen molar-refractivity contribution in [2.45, 2.75) is 12.0 Å². The van der Waals surface area contributed by atoms with E-state index in [1.165, 1.54) is 48.5 Å². The molecule has 2 aliphatic rings. The van der Waals surface area contributed by atoms with Crippen LogP contribution in [0.5, 0.6) is 40.2 Å². The van der Waals surface area contributed by atoms with E-state index >= 15 is 0 Å². The Bertz CT molecular complexity index is 2160. The molecule has 1 aliphatic carbocycles. The average Bonchev–Trinajstić information content (AvgIpc) is 3.54. The first-order valence-electron chi connectivity index (χ1n) is 13.7. The van der Waals surface area contributed by atoms with Crippen molar-refractivity contribution in [1.29, 1.82) is 0 Å². The zero-order valence-corrected chi connectivity index (χ0v) is 22.6. The summed E-state index contributed by atoms with van der Waals surface area (Å²) in [5.41, 5.74) is 3.42. The Morgan fingerprint density at radius 1 is 0.591 bits per heavy atom. The van der Waals surface area contributed by atoms with Gasteiger partial charge in [0.2, 0.25) is 0 Å². The summed E-state index contributed by atoms with van der Waals surface area (Å²) >= 11 is 0. The normalized spacial score (nSPS) is 16.5. The number of phenolic OH excluding ortho intramolecular Hbond substituents is 6. The molecule has 0 saturated carbocycles. The molecule has 8 rings (SSSR count). The Kier molecular flexibility index (Phi) is 5.21. The molecule has 9 heteroatoms. The summed E-state index contributed by atoms with van der Waals surface area (Å²) in [7, 11) is 0. The van der Waals surface area contributed by atoms with Crippen molar-refractivity contribution in [3.05, 3.63) is 113 Å². The van der Waals surface area contributed by atoms with Crippen molar-refractivity contribution < 1.29 is 44.6 Å². The number of benzene rings is 5. The number of ether oxygens (including phenoxy) is 1. The van der Waals surface area contributed by atoms with Crippen LogP contribution in [0.2, 0.25) is 0 Å². The van der Waals surface area contributed by atoms with Crippen molar-refractivity contribution >= 4 is 16.8 Å². The largest absolute Gasteiger partial charge is 0.508 e. The van der Waals surface area contributed by atoms with E-state index in [0.29, 0.717) is 50.3 Å². The van der Waals surface area contributed by atoms with Gasteiger partial charge in [-0.15, -0.1) is 0 Å². The third kappa shape index (κ3) is 3.62. The number of carbonyl (C=O) groups is 1. The van der Waals surface area contributed by atoms with Gasteiger partial charge in [0.1, 0.15) is 57.7 Å². The molecule has 5 aromatic carbocycles. The molecule has 0 unspecified atom stereocenters. The van der Waals surface area contributed by atoms with Crippen LogP contribution < -0.4 is 4.74 Å². The van der Waals surface area contributed by atoms with E-state index in [2.05, 4.69) is 0 Å². The number of rotatable bonds is 3. The van der Waals surface area contributed by atoms with Crippen molar-refractivity contribution in [2.75, 3.05) is 0 Å². The molecule has 2 atom stereocenters. The first-order valence-corrected chi connectivity index (χ1v) is 13.7. The number of phenols is 6. The van der Waals surface area contributed by atoms with Crippen LogP contribution in [0.15, 0.2) is 89.3 Å². The fourth-order valence-corrected chi connectivity index (χ4v) is 6.56. The maximum atomic E-state index is 14.5. The van der Waals surface area contributed by atoms with Crippen LogP contribution in [-0.4, -0.2) is 36.4 Å². The number of hydrogen-bond acceptors (Lipinski definition) is 9. The highest BCUT2D eigenvalue weighted by atomic mass is 16.5. The standard InChI is InChI=1S/C35H22O9/c36-18-5-1-15(2-6-18)34-27(17-9-20(38)11-21(39)10-17)30-25(43-34)14-26-31-29(35(44-26)16-3-7-19(37)8-4-16)23-12-22(40)13-24(41)28(23)33(42)32(30)31/h1-14,27,34,36-41H/t27-,34+/m1/s1. The number of furan rings is 1. The molecule has 0 spiro atoms. The van der Waals surface area contributed by atoms with Gasteiger partial charge in [0.15, 0.2) is 5.78 Å². The molecular formula is C35H22O9. The Morgan fingerprint density at radius 3 is 1.91 bits per heavy atom. The fraction of sp³-hybridized carbons (Fsp3) is 0.0571. The molecule has 0 bridgehead atoms. The lowest BCUT2D eigenvalue weighted by atomic mass is 9.76. The molecule has 1 aliphatic heterocycles. The van der Waals surface area contributed by atoms with Gasteiger partial charge < -0.3 is 39.8 Å². The van der Waals surface area contributed by atoms with Crippen LogP contribution in [0.3, 0.4) is 0 Å². The third-order valence-corrected chi connectivity index (χ3v) is 8.31. The highest BCUT2D eigenvalue weighted by Gasteiger charge is 2.45. The van der Waals surface area contributed by atoms with E-state index in [4.69, 9.17) is 9.15 Å². The smallest absolute Gasteiger partial charge is 0.198 e. The summed E-state index contributed by atoms with van der Waals surface area (Å²) < 4.78 is 12.9. The van der Waals surface area contributed by atoms with Gasteiger partial charge in [-0.05, 0) is 65.7 Å². The molecular weight excluding hydrogens is 564 g/mol. The maximum absolute atomic E-state index is 14.5. The van der Waals surface area contributed by atoms with Crippen molar-refractivity contribution in [3.63, 3.8) is 0 Å². The van der Waals surface area contributed by atoms with Gasteiger partial charge in [0.05, 0.1) is 11.5 Å². The average molecular weight is 587 g/mol. The lowest BCUT2D eigenvalue weighted by Crippen LogP contribution is -2.16. The Hall–Kier alpha value is -6.09. The molecule has 1 aromatic heterocycles. The zero-order valence-electron chi connectivity index (χ0n) is 22.6. The minimum absolute atomic E-state index is 0.0305. The maximum Gasteiger partial charge on any atom is 0.198 e. The molecule has 0 amide bonds. The van der Waals surface area contributed by atoms with Crippen LogP contribution in [0.4, 0.5) is 0 Å². The molecule has 9 nitrogen and oxygen atoms in total. The molecule has 0 saturated heterocycles. The summed E-state index contributed by atoms with van der Waals surface area (Å²) in [6.45, 7) is 0. The fourth-order valence-electron chi connectivity index (χ4n) is 6.56. The predicted molar refractivity (Wildman–Crippen MR) is 159 cm³/mol. The van der Waals surface area contributed by atoms with Crippen molar-refractivity contribution in [1.82, 2.24) is 0 Å². The van der Waals surface area contributed by atoms with Crippen LogP contribution >= 0.6 is 0 Å². The minimum Gasteiger partial charge on any atom is -0.508 e. The number of carbonyl (C=O) groups excluding carboxylic acids is 1. The minimum atomic E-state index is -0.739. The SMILES string of the molecule is O=C1c2c(O)cc(O)cc2-c2c(-c3ccc(O)cc3)oc3cc4c(c1c23)[C@@H](c1cc(O)cc(O)c1)[C@H](c1ccc(O)cc1)O4. The zero-order chi connectivity index (χ0) is 30.4. The van der Waals surface area contributed by atoms with E-state index in [9.17, 15) is 35.4 Å². The van der Waals surface area contributed by atoms with Gasteiger partial charge >= 0.3 is 0 Å². The molecule has 44 heavy (non-hydrogen) atoms. The number of ketones is 1. The first kappa shape index (κ1) is 25.6. The molecule has 6 aromatic rings. The second kappa shape index (κ2) is 8.95. The van der Waals surface area contributed by atoms with Crippen molar-refractivity contribution in [3.8, 4) is 62.7 Å². The molecule has 6 N–H and O–H groups in total. The van der Waals surface area contributed by atoms with Crippen LogP contribution in [-0.2, 0) is 0 Å². The summed E-state index contributed by atoms with van der Waals surface area (Å²) in [5, 5.41) is 62.7. The third-order valence-electron chi connectivity index (χ3n) is 8.31. The van der Waals surface area contributed by atoms with Gasteiger partial charge in [-0.2, -0.15) is 0 Å². The summed E-state index contributed by atoms with van der Waals surface area (Å²) in [5.74, 6) is -1.49. The first-order chi connectivity index (χ1) is 21.2. The molecule has 0 fully saturated rings. The number of fused-ring (bicyclic) bond motifs is 4. The highest BCUT2D eigenvalue weighted by Crippen LogP contribution is 2.58. The molecule has 0 radical (unpaired) electrons. The van der Waals surface area contributed by atoms with E-state index < -0.39 is 23.6 Å². The summed E-state index contributed by atoms with van der Waals surface area (Å²) in [4.78, 5) is 14.5. The Balaban J connectivity index is 1.48. The van der Waals surface area contributed by atoms with Crippen LogP contribution in [0.25, 0.3) is 33.4 Å². The van der Waals surface area contributed by atoms with Crippen LogP contribution in [0, 0.1) is 0 Å². The van der Waals surface area contributed by atoms with Gasteiger partial charge in [-0.1, -0.05) is 12.1 Å². The van der Waals surface area contributed by atoms with Gasteiger partial charge in [-0.3, -0.25) is 4.79 Å². The molecule has 216 valence electrons.